The molecule has 2 saturated heterocycles. The summed E-state index contributed by atoms with van der Waals surface area (Å²) in [6.07, 6.45) is 0.406. The molecule has 0 aromatic rings. The normalized spacial score (nSPS) is 24.5. The van der Waals surface area contributed by atoms with Gasteiger partial charge >= 0.3 is 6.09 Å². The van der Waals surface area contributed by atoms with Gasteiger partial charge in [0, 0.05) is 26.2 Å². The van der Waals surface area contributed by atoms with Crippen molar-refractivity contribution in [2.24, 2.45) is 5.92 Å². The minimum Gasteiger partial charge on any atom is -0.436 e. The molecule has 0 bridgehead atoms. The smallest absolute Gasteiger partial charge is 0.410 e. The third-order valence-corrected chi connectivity index (χ3v) is 5.18. The third kappa shape index (κ3) is 6.08. The Bertz CT molecular complexity index is 556. The highest BCUT2D eigenvalue weighted by Crippen LogP contribution is 2.22. The van der Waals surface area contributed by atoms with Crippen LogP contribution in [0.4, 0.5) is 4.79 Å². The predicted molar refractivity (Wildman–Crippen MR) is 100.0 cm³/mol. The molecule has 8 nitrogen and oxygen atoms in total. The van der Waals surface area contributed by atoms with Crippen LogP contribution < -0.4 is 5.32 Å². The monoisotopic (exact) mass is 380 g/mol. The lowest BCUT2D eigenvalue weighted by Crippen LogP contribution is -2.54. The molecule has 2 fully saturated rings. The van der Waals surface area contributed by atoms with E-state index in [0.29, 0.717) is 51.6 Å². The zero-order chi connectivity index (χ0) is 19.9. The van der Waals surface area contributed by atoms with E-state index in [0.717, 1.165) is 19.5 Å². The fraction of sp³-hybridized carbons (Fsp3) is 0.842. The van der Waals surface area contributed by atoms with Crippen LogP contribution in [0.2, 0.25) is 0 Å². The van der Waals surface area contributed by atoms with Gasteiger partial charge in [0.15, 0.2) is 6.10 Å². The lowest BCUT2D eigenvalue weighted by Gasteiger charge is -2.30. The Morgan fingerprint density at radius 3 is 2.52 bits per heavy atom. The minimum atomic E-state index is -0.908. The first-order valence-corrected chi connectivity index (χ1v) is 9.88. The first kappa shape index (κ1) is 21.5. The van der Waals surface area contributed by atoms with Crippen LogP contribution in [0, 0.1) is 17.2 Å². The van der Waals surface area contributed by atoms with E-state index in [4.69, 9.17) is 9.47 Å². The summed E-state index contributed by atoms with van der Waals surface area (Å²) in [6, 6.07) is 2.27. The zero-order valence-electron chi connectivity index (χ0n) is 16.7. The van der Waals surface area contributed by atoms with Crippen LogP contribution in [-0.4, -0.2) is 79.4 Å². The van der Waals surface area contributed by atoms with E-state index in [1.807, 2.05) is 6.92 Å². The largest absolute Gasteiger partial charge is 0.436 e. The number of nitrogens with zero attached hydrogens (tertiary/aromatic N) is 3. The summed E-state index contributed by atoms with van der Waals surface area (Å²) in [5, 5.41) is 12.5. The van der Waals surface area contributed by atoms with Gasteiger partial charge in [-0.05, 0) is 31.7 Å². The van der Waals surface area contributed by atoms with Gasteiger partial charge in [-0.3, -0.25) is 4.79 Å². The zero-order valence-corrected chi connectivity index (χ0v) is 16.7. The van der Waals surface area contributed by atoms with Gasteiger partial charge < -0.3 is 24.6 Å². The van der Waals surface area contributed by atoms with Crippen molar-refractivity contribution in [2.45, 2.75) is 51.7 Å². The maximum atomic E-state index is 12.9. The summed E-state index contributed by atoms with van der Waals surface area (Å²) in [5.41, 5.74) is -0.908. The molecular weight excluding hydrogens is 348 g/mol. The molecule has 2 heterocycles. The van der Waals surface area contributed by atoms with Crippen molar-refractivity contribution in [1.29, 1.82) is 5.26 Å². The molecule has 152 valence electrons. The average Bonchev–Trinajstić information content (AvgIpc) is 3.09. The first-order chi connectivity index (χ1) is 12.9. The Hall–Kier alpha value is -1.85. The summed E-state index contributed by atoms with van der Waals surface area (Å²) in [7, 11) is 0. The van der Waals surface area contributed by atoms with Gasteiger partial charge in [-0.25, -0.2) is 4.79 Å². The fourth-order valence-corrected chi connectivity index (χ4v) is 3.37. The highest BCUT2D eigenvalue weighted by Gasteiger charge is 2.41. The number of hydrogen-bond acceptors (Lipinski definition) is 6. The maximum absolute atomic E-state index is 12.9. The summed E-state index contributed by atoms with van der Waals surface area (Å²) in [6.45, 7) is 10.1. The summed E-state index contributed by atoms with van der Waals surface area (Å²) < 4.78 is 10.8. The van der Waals surface area contributed by atoms with Crippen LogP contribution in [0.1, 0.15) is 40.0 Å². The molecule has 0 spiro atoms. The average molecular weight is 380 g/mol. The summed E-state index contributed by atoms with van der Waals surface area (Å²) >= 11 is 0. The van der Waals surface area contributed by atoms with Gasteiger partial charge in [0.25, 0.3) is 5.91 Å². The van der Waals surface area contributed by atoms with Crippen molar-refractivity contribution < 1.29 is 19.1 Å². The van der Waals surface area contributed by atoms with Crippen LogP contribution in [-0.2, 0) is 14.3 Å². The number of nitrogens with one attached hydrogen (secondary N) is 1. The predicted octanol–water partition coefficient (Wildman–Crippen LogP) is 1.36. The minimum absolute atomic E-state index is 0.378. The third-order valence-electron chi connectivity index (χ3n) is 5.18. The Morgan fingerprint density at radius 1 is 1.26 bits per heavy atom. The number of likely N-dealkylation sites (tertiary alicyclic amines) is 1. The fourth-order valence-electron chi connectivity index (χ4n) is 3.37. The summed E-state index contributed by atoms with van der Waals surface area (Å²) in [4.78, 5) is 29.0. The summed E-state index contributed by atoms with van der Waals surface area (Å²) in [5.74, 6) is 0.00569. The van der Waals surface area contributed by atoms with Gasteiger partial charge in [0.1, 0.15) is 5.54 Å². The molecule has 0 aromatic carbocycles. The van der Waals surface area contributed by atoms with Crippen molar-refractivity contribution in [2.75, 3.05) is 45.9 Å². The lowest BCUT2D eigenvalue weighted by molar-refractivity contribution is -0.132. The molecule has 8 heteroatoms. The number of amides is 2. The number of likely N-dealkylation sites (N-methyl/N-ethyl adjacent to an activating group) is 1. The second-order valence-electron chi connectivity index (χ2n) is 7.74. The van der Waals surface area contributed by atoms with E-state index < -0.39 is 17.7 Å². The number of hydrogen-bond donors (Lipinski definition) is 1. The van der Waals surface area contributed by atoms with Gasteiger partial charge in [0.05, 0.1) is 19.3 Å². The number of rotatable bonds is 7. The highest BCUT2D eigenvalue weighted by molar-refractivity contribution is 5.84. The van der Waals surface area contributed by atoms with Crippen molar-refractivity contribution in [1.82, 2.24) is 15.1 Å². The molecule has 2 aliphatic heterocycles. The molecule has 0 radical (unpaired) electrons. The molecule has 2 amide bonds. The molecule has 0 aliphatic carbocycles. The number of ether oxygens (including phenoxy) is 2. The molecule has 2 rings (SSSR count). The molecular formula is C19H32N4O4. The van der Waals surface area contributed by atoms with Crippen molar-refractivity contribution in [3.05, 3.63) is 0 Å². The van der Waals surface area contributed by atoms with Crippen LogP contribution >= 0.6 is 0 Å². The van der Waals surface area contributed by atoms with E-state index in [9.17, 15) is 14.9 Å². The van der Waals surface area contributed by atoms with Crippen molar-refractivity contribution in [3.63, 3.8) is 0 Å². The molecule has 1 N–H and O–H groups in total. The quantitative estimate of drug-likeness (QED) is 0.717. The number of carbonyl (C=O) groups is 2. The standard InChI is InChI=1S/C19H32N4O4/c1-4-22-8-7-19(13-20,14-22)21-17(24)16(6-5-15(2)3)27-18(25)23-9-11-26-12-10-23/h15-16H,4-12,14H2,1-3H3,(H,21,24)/t16-,19?/m0/s1. The van der Waals surface area contributed by atoms with Crippen LogP contribution in [0.3, 0.4) is 0 Å². The Kier molecular flexibility index (Phi) is 7.87. The number of nitriles is 1. The molecule has 2 aliphatic rings. The van der Waals surface area contributed by atoms with Crippen LogP contribution in [0.25, 0.3) is 0 Å². The molecule has 2 atom stereocenters. The highest BCUT2D eigenvalue weighted by atomic mass is 16.6. The van der Waals surface area contributed by atoms with Gasteiger partial charge in [-0.1, -0.05) is 20.8 Å². The number of morpholine rings is 1. The second kappa shape index (κ2) is 9.90. The Balaban J connectivity index is 2.02. The second-order valence-corrected chi connectivity index (χ2v) is 7.74. The van der Waals surface area contributed by atoms with E-state index in [-0.39, 0.29) is 5.91 Å². The van der Waals surface area contributed by atoms with E-state index in [1.165, 1.54) is 0 Å². The molecule has 0 aromatic heterocycles. The number of carbonyl (C=O) groups excluding carboxylic acids is 2. The lowest BCUT2D eigenvalue weighted by atomic mass is 9.99. The van der Waals surface area contributed by atoms with E-state index >= 15 is 0 Å². The Labute approximate surface area is 161 Å². The van der Waals surface area contributed by atoms with E-state index in [2.05, 4.69) is 30.1 Å². The Morgan fingerprint density at radius 2 is 1.96 bits per heavy atom. The van der Waals surface area contributed by atoms with Gasteiger partial charge in [-0.2, -0.15) is 5.26 Å². The van der Waals surface area contributed by atoms with Gasteiger partial charge in [0.2, 0.25) is 0 Å². The van der Waals surface area contributed by atoms with Crippen molar-refractivity contribution in [3.8, 4) is 6.07 Å². The molecule has 0 saturated carbocycles. The first-order valence-electron chi connectivity index (χ1n) is 9.88. The molecule has 27 heavy (non-hydrogen) atoms. The maximum Gasteiger partial charge on any atom is 0.410 e. The SMILES string of the molecule is CCN1CCC(C#N)(NC(=O)[C@H](CCC(C)C)OC(=O)N2CCOCC2)C1. The topological polar surface area (TPSA) is 94.9 Å². The van der Waals surface area contributed by atoms with Crippen molar-refractivity contribution >= 4 is 12.0 Å². The van der Waals surface area contributed by atoms with E-state index in [1.54, 1.807) is 4.90 Å². The molecule has 1 unspecified atom stereocenters. The van der Waals surface area contributed by atoms with Crippen LogP contribution in [0.5, 0.6) is 0 Å². The van der Waals surface area contributed by atoms with Crippen LogP contribution in [0.15, 0.2) is 0 Å². The van der Waals surface area contributed by atoms with Gasteiger partial charge in [-0.15, -0.1) is 0 Å².